The highest BCUT2D eigenvalue weighted by atomic mass is 16.7. The molecule has 4 N–H and O–H groups in total. The number of hydrogen-bond donors (Lipinski definition) is 4. The Bertz CT molecular complexity index is 484. The molecule has 146 valence electrons. The van der Waals surface area contributed by atoms with E-state index in [-0.39, 0.29) is 11.3 Å². The van der Waals surface area contributed by atoms with Crippen LogP contribution in [0.5, 0.6) is 0 Å². The Balaban J connectivity index is 2.02. The molecule has 5 nitrogen and oxygen atoms in total. The van der Waals surface area contributed by atoms with Crippen LogP contribution >= 0.6 is 0 Å². The summed E-state index contributed by atoms with van der Waals surface area (Å²) >= 11 is 0. The van der Waals surface area contributed by atoms with Gasteiger partial charge in [-0.05, 0) is 62.9 Å². The standard InChI is InChI=1S/C20H36O5/c1-14(20(24)12-11-19(5,25-20)16(22)13-21)7-8-15-17(2,3)9-6-10-18(15,4)23/h15-16,21-24H,1,6-13H2,2-5H3/t15?,16-,18?,19?,20?/m0/s1. The molecule has 2 aliphatic rings. The maximum atomic E-state index is 10.9. The lowest BCUT2D eigenvalue weighted by Crippen LogP contribution is -2.47. The van der Waals surface area contributed by atoms with Gasteiger partial charge in [0.05, 0.1) is 17.8 Å². The minimum absolute atomic E-state index is 0.0444. The first-order valence-corrected chi connectivity index (χ1v) is 9.48. The van der Waals surface area contributed by atoms with Crippen molar-refractivity contribution in [3.63, 3.8) is 0 Å². The van der Waals surface area contributed by atoms with Crippen molar-refractivity contribution in [2.45, 2.75) is 95.7 Å². The predicted octanol–water partition coefficient (Wildman–Crippen LogP) is 2.51. The Kier molecular flexibility index (Phi) is 5.78. The Morgan fingerprint density at radius 3 is 2.32 bits per heavy atom. The maximum Gasteiger partial charge on any atom is 0.188 e. The number of rotatable bonds is 6. The van der Waals surface area contributed by atoms with Crippen LogP contribution in [0.25, 0.3) is 0 Å². The van der Waals surface area contributed by atoms with Crippen molar-refractivity contribution >= 4 is 0 Å². The van der Waals surface area contributed by atoms with E-state index in [1.807, 2.05) is 6.92 Å². The number of aliphatic hydroxyl groups is 4. The smallest absolute Gasteiger partial charge is 0.188 e. The summed E-state index contributed by atoms with van der Waals surface area (Å²) in [6, 6.07) is 0. The summed E-state index contributed by atoms with van der Waals surface area (Å²) in [5.74, 6) is -1.35. The summed E-state index contributed by atoms with van der Waals surface area (Å²) in [5, 5.41) is 40.8. The van der Waals surface area contributed by atoms with Crippen LogP contribution in [0.1, 0.15) is 72.6 Å². The van der Waals surface area contributed by atoms with Crippen molar-refractivity contribution in [1.82, 2.24) is 0 Å². The highest BCUT2D eigenvalue weighted by Crippen LogP contribution is 2.50. The van der Waals surface area contributed by atoms with Crippen LogP contribution < -0.4 is 0 Å². The van der Waals surface area contributed by atoms with E-state index < -0.39 is 29.7 Å². The summed E-state index contributed by atoms with van der Waals surface area (Å²) in [4.78, 5) is 0. The van der Waals surface area contributed by atoms with Gasteiger partial charge in [0.1, 0.15) is 6.10 Å². The quantitative estimate of drug-likeness (QED) is 0.549. The van der Waals surface area contributed by atoms with E-state index >= 15 is 0 Å². The van der Waals surface area contributed by atoms with Gasteiger partial charge in [0, 0.05) is 6.42 Å². The molecule has 25 heavy (non-hydrogen) atoms. The zero-order chi connectivity index (χ0) is 19.1. The molecule has 5 heteroatoms. The predicted molar refractivity (Wildman–Crippen MR) is 96.9 cm³/mol. The van der Waals surface area contributed by atoms with Crippen molar-refractivity contribution in [2.75, 3.05) is 6.61 Å². The molecular weight excluding hydrogens is 320 g/mol. The van der Waals surface area contributed by atoms with E-state index in [9.17, 15) is 20.4 Å². The van der Waals surface area contributed by atoms with Crippen molar-refractivity contribution in [1.29, 1.82) is 0 Å². The topological polar surface area (TPSA) is 90.2 Å². The van der Waals surface area contributed by atoms with Crippen molar-refractivity contribution in [3.05, 3.63) is 12.2 Å². The third-order valence-corrected chi connectivity index (χ3v) is 6.73. The fraction of sp³-hybridized carbons (Fsp3) is 0.900. The molecule has 0 spiro atoms. The first-order chi connectivity index (χ1) is 11.4. The zero-order valence-corrected chi connectivity index (χ0v) is 16.2. The Hall–Kier alpha value is -0.460. The fourth-order valence-electron chi connectivity index (χ4n) is 4.89. The zero-order valence-electron chi connectivity index (χ0n) is 16.2. The molecule has 0 aromatic rings. The van der Waals surface area contributed by atoms with Crippen LogP contribution in [0.15, 0.2) is 12.2 Å². The Labute approximate surface area is 151 Å². The van der Waals surface area contributed by atoms with Crippen LogP contribution in [0.3, 0.4) is 0 Å². The first-order valence-electron chi connectivity index (χ1n) is 9.48. The first kappa shape index (κ1) is 20.8. The van der Waals surface area contributed by atoms with E-state index in [0.717, 1.165) is 25.7 Å². The summed E-state index contributed by atoms with van der Waals surface area (Å²) < 4.78 is 5.78. The van der Waals surface area contributed by atoms with Crippen LogP contribution in [0.2, 0.25) is 0 Å². The molecule has 1 saturated carbocycles. The summed E-state index contributed by atoms with van der Waals surface area (Å²) in [5.41, 5.74) is -1.05. The van der Waals surface area contributed by atoms with Crippen LogP contribution in [0.4, 0.5) is 0 Å². The molecule has 1 aliphatic carbocycles. The van der Waals surface area contributed by atoms with Crippen molar-refractivity contribution < 1.29 is 25.2 Å². The molecule has 0 bridgehead atoms. The molecule has 1 heterocycles. The number of hydrogen-bond acceptors (Lipinski definition) is 5. The molecule has 1 aliphatic heterocycles. The highest BCUT2D eigenvalue weighted by molar-refractivity contribution is 5.14. The van der Waals surface area contributed by atoms with E-state index in [0.29, 0.717) is 24.8 Å². The Morgan fingerprint density at radius 2 is 1.76 bits per heavy atom. The number of ether oxygens (including phenoxy) is 1. The minimum atomic E-state index is -1.48. The normalized spacial score (nSPS) is 42.3. The van der Waals surface area contributed by atoms with Gasteiger partial charge in [0.25, 0.3) is 0 Å². The average molecular weight is 357 g/mol. The SMILES string of the molecule is C=C(CCC1C(C)(C)CCCC1(C)O)C1(O)CCC(C)([C@@H](O)CO)O1. The maximum absolute atomic E-state index is 10.9. The van der Waals surface area contributed by atoms with E-state index in [1.54, 1.807) is 6.92 Å². The summed E-state index contributed by atoms with van der Waals surface area (Å²) in [6.07, 6.45) is 3.99. The monoisotopic (exact) mass is 356 g/mol. The number of aliphatic hydroxyl groups excluding tert-OH is 2. The summed E-state index contributed by atoms with van der Waals surface area (Å²) in [7, 11) is 0. The molecule has 4 unspecified atom stereocenters. The van der Waals surface area contributed by atoms with Crippen molar-refractivity contribution in [2.24, 2.45) is 11.3 Å². The molecule has 2 rings (SSSR count). The molecular formula is C20H36O5. The van der Waals surface area contributed by atoms with E-state index in [1.165, 1.54) is 0 Å². The lowest BCUT2D eigenvalue weighted by atomic mass is 9.60. The van der Waals surface area contributed by atoms with Gasteiger partial charge in [0.2, 0.25) is 0 Å². The van der Waals surface area contributed by atoms with E-state index in [4.69, 9.17) is 4.74 Å². The van der Waals surface area contributed by atoms with Gasteiger partial charge in [0.15, 0.2) is 5.79 Å². The van der Waals surface area contributed by atoms with Gasteiger partial charge in [-0.1, -0.05) is 26.8 Å². The van der Waals surface area contributed by atoms with Gasteiger partial charge in [-0.15, -0.1) is 0 Å². The average Bonchev–Trinajstić information content (AvgIpc) is 2.82. The second-order valence-corrected chi connectivity index (χ2v) is 9.29. The third-order valence-electron chi connectivity index (χ3n) is 6.73. The second-order valence-electron chi connectivity index (χ2n) is 9.29. The van der Waals surface area contributed by atoms with Gasteiger partial charge in [-0.25, -0.2) is 0 Å². The van der Waals surface area contributed by atoms with Gasteiger partial charge in [-0.3, -0.25) is 0 Å². The molecule has 0 radical (unpaired) electrons. The fourth-order valence-corrected chi connectivity index (χ4v) is 4.89. The lowest BCUT2D eigenvalue weighted by molar-refractivity contribution is -0.224. The molecule has 0 aromatic heterocycles. The lowest BCUT2D eigenvalue weighted by Gasteiger charge is -2.48. The van der Waals surface area contributed by atoms with Crippen molar-refractivity contribution in [3.8, 4) is 0 Å². The molecule has 0 aromatic carbocycles. The second kappa shape index (κ2) is 6.93. The molecule has 1 saturated heterocycles. The van der Waals surface area contributed by atoms with Gasteiger partial charge < -0.3 is 25.2 Å². The molecule has 2 fully saturated rings. The third kappa shape index (κ3) is 4.11. The molecule has 0 amide bonds. The largest absolute Gasteiger partial charge is 0.394 e. The summed E-state index contributed by atoms with van der Waals surface area (Å²) in [6.45, 7) is 11.6. The highest BCUT2D eigenvalue weighted by Gasteiger charge is 2.51. The minimum Gasteiger partial charge on any atom is -0.394 e. The van der Waals surface area contributed by atoms with Gasteiger partial charge in [-0.2, -0.15) is 0 Å². The molecule has 5 atom stereocenters. The van der Waals surface area contributed by atoms with Gasteiger partial charge >= 0.3 is 0 Å². The Morgan fingerprint density at radius 1 is 1.12 bits per heavy atom. The van der Waals surface area contributed by atoms with Crippen LogP contribution in [0, 0.1) is 11.3 Å². The van der Waals surface area contributed by atoms with Crippen LogP contribution in [-0.4, -0.2) is 50.1 Å². The van der Waals surface area contributed by atoms with E-state index in [2.05, 4.69) is 20.4 Å². The van der Waals surface area contributed by atoms with Crippen LogP contribution in [-0.2, 0) is 4.74 Å².